The number of H-pyrrole nitrogens is 1. The first-order valence-electron chi connectivity index (χ1n) is 8.10. The van der Waals surface area contributed by atoms with Crippen LogP contribution in [0.25, 0.3) is 23.4 Å². The van der Waals surface area contributed by atoms with Crippen LogP contribution in [0.2, 0.25) is 0 Å². The Morgan fingerprint density at radius 1 is 1.08 bits per heavy atom. The molecule has 1 aliphatic rings. The molecule has 1 aliphatic heterocycles. The molecule has 3 aromatic rings. The lowest BCUT2D eigenvalue weighted by molar-refractivity contribution is 0.638. The van der Waals surface area contributed by atoms with Crippen molar-refractivity contribution >= 4 is 28.1 Å². The first-order chi connectivity index (χ1) is 11.8. The molecule has 3 heterocycles. The normalized spacial score (nSPS) is 14.0. The maximum atomic E-state index is 4.46. The van der Waals surface area contributed by atoms with Gasteiger partial charge >= 0.3 is 0 Å². The Balaban J connectivity index is 1.62. The van der Waals surface area contributed by atoms with E-state index in [9.17, 15) is 0 Å². The monoisotopic (exact) mass is 379 g/mol. The van der Waals surface area contributed by atoms with Gasteiger partial charge in [-0.15, -0.1) is 0 Å². The third-order valence-corrected chi connectivity index (χ3v) is 5.01. The van der Waals surface area contributed by atoms with Gasteiger partial charge in [0.15, 0.2) is 0 Å². The number of fused-ring (bicyclic) bond motifs is 1. The number of hydrogen-bond acceptors (Lipinski definition) is 2. The molecule has 4 heteroatoms. The summed E-state index contributed by atoms with van der Waals surface area (Å²) in [5.41, 5.74) is 7.16. The van der Waals surface area contributed by atoms with Crippen LogP contribution in [0.1, 0.15) is 22.5 Å². The molecule has 0 radical (unpaired) electrons. The van der Waals surface area contributed by atoms with Crippen LogP contribution in [0.15, 0.2) is 53.1 Å². The van der Waals surface area contributed by atoms with Crippen LogP contribution in [0, 0.1) is 0 Å². The van der Waals surface area contributed by atoms with Gasteiger partial charge < -0.3 is 10.3 Å². The molecule has 0 saturated heterocycles. The number of nitrogens with one attached hydrogen (secondary N) is 2. The van der Waals surface area contributed by atoms with Crippen molar-refractivity contribution in [3.8, 4) is 11.3 Å². The number of aromatic amines is 1. The van der Waals surface area contributed by atoms with Crippen molar-refractivity contribution in [2.75, 3.05) is 6.54 Å². The van der Waals surface area contributed by atoms with E-state index in [4.69, 9.17) is 0 Å². The molecule has 2 N–H and O–H groups in total. The number of aromatic nitrogens is 2. The zero-order chi connectivity index (χ0) is 16.4. The standard InChI is InChI=1S/C20H18BrN3/c21-18-4-2-1-3-14(18)5-6-17-11-15(7-10-23-17)20-12-16-13-22-9-8-19(16)24-20/h1-7,10-12,22,24H,8-9,13H2/b6-5+. The Hall–Kier alpha value is -2.17. The van der Waals surface area contributed by atoms with Gasteiger partial charge in [-0.05, 0) is 41.5 Å². The highest BCUT2D eigenvalue weighted by atomic mass is 79.9. The first kappa shape index (κ1) is 15.4. The largest absolute Gasteiger partial charge is 0.358 e. The molecule has 3 nitrogen and oxygen atoms in total. The minimum Gasteiger partial charge on any atom is -0.358 e. The lowest BCUT2D eigenvalue weighted by Crippen LogP contribution is -2.22. The van der Waals surface area contributed by atoms with Gasteiger partial charge in [0.25, 0.3) is 0 Å². The summed E-state index contributed by atoms with van der Waals surface area (Å²) in [4.78, 5) is 8.02. The predicted octanol–water partition coefficient (Wildman–Crippen LogP) is 4.66. The van der Waals surface area contributed by atoms with Crippen molar-refractivity contribution < 1.29 is 0 Å². The third-order valence-electron chi connectivity index (χ3n) is 4.29. The van der Waals surface area contributed by atoms with E-state index in [0.717, 1.165) is 35.2 Å². The highest BCUT2D eigenvalue weighted by molar-refractivity contribution is 9.10. The smallest absolute Gasteiger partial charge is 0.0636 e. The zero-order valence-corrected chi connectivity index (χ0v) is 14.8. The molecule has 0 atom stereocenters. The van der Waals surface area contributed by atoms with E-state index < -0.39 is 0 Å². The topological polar surface area (TPSA) is 40.7 Å². The molecular weight excluding hydrogens is 362 g/mol. The summed E-state index contributed by atoms with van der Waals surface area (Å²) in [6.07, 6.45) is 7.07. The van der Waals surface area contributed by atoms with E-state index in [-0.39, 0.29) is 0 Å². The van der Waals surface area contributed by atoms with Gasteiger partial charge in [0, 0.05) is 47.1 Å². The summed E-state index contributed by atoms with van der Waals surface area (Å²) in [5, 5.41) is 3.41. The average Bonchev–Trinajstić information content (AvgIpc) is 3.06. The van der Waals surface area contributed by atoms with Crippen molar-refractivity contribution in [3.63, 3.8) is 0 Å². The van der Waals surface area contributed by atoms with Crippen LogP contribution >= 0.6 is 15.9 Å². The van der Waals surface area contributed by atoms with E-state index in [2.05, 4.69) is 61.6 Å². The van der Waals surface area contributed by atoms with Crippen molar-refractivity contribution in [2.24, 2.45) is 0 Å². The molecule has 0 amide bonds. The van der Waals surface area contributed by atoms with E-state index in [1.807, 2.05) is 30.5 Å². The molecule has 4 rings (SSSR count). The molecule has 24 heavy (non-hydrogen) atoms. The Kier molecular flexibility index (Phi) is 4.32. The molecule has 0 aliphatic carbocycles. The van der Waals surface area contributed by atoms with E-state index in [0.29, 0.717) is 0 Å². The second kappa shape index (κ2) is 6.75. The number of halogens is 1. The fourth-order valence-electron chi connectivity index (χ4n) is 3.01. The maximum Gasteiger partial charge on any atom is 0.0636 e. The molecule has 0 saturated carbocycles. The Morgan fingerprint density at radius 3 is 2.88 bits per heavy atom. The van der Waals surface area contributed by atoms with Gasteiger partial charge in [0.2, 0.25) is 0 Å². The van der Waals surface area contributed by atoms with Crippen LogP contribution in [0.4, 0.5) is 0 Å². The van der Waals surface area contributed by atoms with Crippen molar-refractivity contribution in [1.82, 2.24) is 15.3 Å². The second-order valence-electron chi connectivity index (χ2n) is 5.94. The van der Waals surface area contributed by atoms with Crippen molar-refractivity contribution in [2.45, 2.75) is 13.0 Å². The predicted molar refractivity (Wildman–Crippen MR) is 103 cm³/mol. The van der Waals surface area contributed by atoms with Crippen molar-refractivity contribution in [3.05, 3.63) is 75.6 Å². The zero-order valence-electron chi connectivity index (χ0n) is 13.2. The number of hydrogen-bond donors (Lipinski definition) is 2. The summed E-state index contributed by atoms with van der Waals surface area (Å²) in [6.45, 7) is 1.99. The Bertz CT molecular complexity index is 872. The van der Waals surface area contributed by atoms with Gasteiger partial charge in [-0.3, -0.25) is 4.98 Å². The van der Waals surface area contributed by atoms with Gasteiger partial charge in [-0.1, -0.05) is 40.2 Å². The van der Waals surface area contributed by atoms with Gasteiger partial charge in [0.1, 0.15) is 0 Å². The lowest BCUT2D eigenvalue weighted by atomic mass is 10.1. The molecule has 2 aromatic heterocycles. The number of rotatable bonds is 3. The number of benzene rings is 1. The van der Waals surface area contributed by atoms with E-state index in [1.165, 1.54) is 22.5 Å². The van der Waals surface area contributed by atoms with Gasteiger partial charge in [-0.25, -0.2) is 0 Å². The van der Waals surface area contributed by atoms with Gasteiger partial charge in [-0.2, -0.15) is 0 Å². The van der Waals surface area contributed by atoms with E-state index >= 15 is 0 Å². The number of pyridine rings is 1. The molecule has 1 aromatic carbocycles. The summed E-state index contributed by atoms with van der Waals surface area (Å²) in [7, 11) is 0. The summed E-state index contributed by atoms with van der Waals surface area (Å²) in [5.74, 6) is 0. The minimum atomic E-state index is 0.950. The maximum absolute atomic E-state index is 4.46. The summed E-state index contributed by atoms with van der Waals surface area (Å²) >= 11 is 3.57. The summed E-state index contributed by atoms with van der Waals surface area (Å²) < 4.78 is 1.09. The lowest BCUT2D eigenvalue weighted by Gasteiger charge is -2.11. The Morgan fingerprint density at radius 2 is 2.00 bits per heavy atom. The SMILES string of the molecule is Brc1ccccc1/C=C/c1cc(-c2cc3c([nH]2)CCNC3)ccn1. The van der Waals surface area contributed by atoms with Crippen LogP contribution in [-0.2, 0) is 13.0 Å². The second-order valence-corrected chi connectivity index (χ2v) is 6.79. The highest BCUT2D eigenvalue weighted by Gasteiger charge is 2.13. The fraction of sp³-hybridized carbons (Fsp3) is 0.150. The van der Waals surface area contributed by atoms with Gasteiger partial charge in [0.05, 0.1) is 5.69 Å². The van der Waals surface area contributed by atoms with Crippen LogP contribution in [0.3, 0.4) is 0 Å². The summed E-state index contributed by atoms with van der Waals surface area (Å²) in [6, 6.07) is 14.6. The molecule has 0 fully saturated rings. The Labute approximate surface area is 150 Å². The quantitative estimate of drug-likeness (QED) is 0.694. The fourth-order valence-corrected chi connectivity index (χ4v) is 3.42. The van der Waals surface area contributed by atoms with Crippen LogP contribution in [-0.4, -0.2) is 16.5 Å². The van der Waals surface area contributed by atoms with Crippen molar-refractivity contribution in [1.29, 1.82) is 0 Å². The molecule has 0 spiro atoms. The molecule has 0 unspecified atom stereocenters. The average molecular weight is 380 g/mol. The molecule has 120 valence electrons. The highest BCUT2D eigenvalue weighted by Crippen LogP contribution is 2.25. The molecule has 0 bridgehead atoms. The molecular formula is C20H18BrN3. The number of nitrogens with zero attached hydrogens (tertiary/aromatic N) is 1. The third kappa shape index (κ3) is 3.21. The van der Waals surface area contributed by atoms with E-state index in [1.54, 1.807) is 0 Å². The first-order valence-corrected chi connectivity index (χ1v) is 8.89. The minimum absolute atomic E-state index is 0.950. The van der Waals surface area contributed by atoms with Crippen LogP contribution in [0.5, 0.6) is 0 Å². The van der Waals surface area contributed by atoms with Crippen LogP contribution < -0.4 is 5.32 Å².